The summed E-state index contributed by atoms with van der Waals surface area (Å²) in [6.45, 7) is 1.49. The Morgan fingerprint density at radius 3 is 2.52 bits per heavy atom. The van der Waals surface area contributed by atoms with Gasteiger partial charge in [0.2, 0.25) is 5.88 Å². The van der Waals surface area contributed by atoms with E-state index in [-0.39, 0.29) is 17.0 Å². The maximum Gasteiger partial charge on any atom is 0.265 e. The Bertz CT molecular complexity index is 1140. The highest BCUT2D eigenvalue weighted by Gasteiger charge is 2.23. The van der Waals surface area contributed by atoms with E-state index >= 15 is 0 Å². The number of aromatic hydroxyl groups is 1. The molecule has 3 aromatic rings. The van der Waals surface area contributed by atoms with Crippen LogP contribution in [0.3, 0.4) is 0 Å². The number of halogens is 1. The molecule has 134 valence electrons. The van der Waals surface area contributed by atoms with Crippen molar-refractivity contribution in [1.82, 2.24) is 9.55 Å². The minimum atomic E-state index is -0.708. The molecule has 6 heteroatoms. The zero-order valence-electron chi connectivity index (χ0n) is 14.6. The first kappa shape index (κ1) is 17.0. The zero-order chi connectivity index (χ0) is 19.1. The molecule has 5 nitrogen and oxygen atoms in total. The number of hydrogen-bond donors (Lipinski definition) is 1. The highest BCUT2D eigenvalue weighted by molar-refractivity contribution is 5.61. The van der Waals surface area contributed by atoms with Gasteiger partial charge in [0.1, 0.15) is 11.9 Å². The summed E-state index contributed by atoms with van der Waals surface area (Å²) in [5.41, 5.74) is 1.68. The topological polar surface area (TPSA) is 78.9 Å². The molecule has 1 aliphatic rings. The van der Waals surface area contributed by atoms with Gasteiger partial charge in [-0.3, -0.25) is 9.36 Å². The van der Waals surface area contributed by atoms with Gasteiger partial charge in [0.15, 0.2) is 5.82 Å². The second-order valence-electron chi connectivity index (χ2n) is 6.70. The van der Waals surface area contributed by atoms with Crippen LogP contribution in [0.25, 0.3) is 17.1 Å². The third kappa shape index (κ3) is 2.97. The molecule has 1 saturated carbocycles. The number of benzene rings is 2. The van der Waals surface area contributed by atoms with Crippen LogP contribution in [0.1, 0.15) is 35.4 Å². The molecule has 0 aliphatic heterocycles. The lowest BCUT2D eigenvalue weighted by molar-refractivity contribution is 0.445. The summed E-state index contributed by atoms with van der Waals surface area (Å²) in [6.07, 6.45) is 2.35. The van der Waals surface area contributed by atoms with Crippen LogP contribution >= 0.6 is 0 Å². The van der Waals surface area contributed by atoms with Crippen molar-refractivity contribution in [3.8, 4) is 29.0 Å². The second-order valence-corrected chi connectivity index (χ2v) is 6.70. The van der Waals surface area contributed by atoms with E-state index in [1.165, 1.54) is 42.0 Å². The number of nitriles is 1. The molecule has 1 heterocycles. The molecule has 0 radical (unpaired) electrons. The lowest BCUT2D eigenvalue weighted by Gasteiger charge is -2.15. The van der Waals surface area contributed by atoms with E-state index in [0.717, 1.165) is 6.07 Å². The van der Waals surface area contributed by atoms with Crippen LogP contribution in [0.15, 0.2) is 47.3 Å². The number of nitrogens with zero attached hydrogens (tertiary/aromatic N) is 3. The molecule has 0 saturated heterocycles. The van der Waals surface area contributed by atoms with Gasteiger partial charge in [-0.2, -0.15) is 10.2 Å². The minimum absolute atomic E-state index is 0.0993. The maximum absolute atomic E-state index is 14.1. The summed E-state index contributed by atoms with van der Waals surface area (Å²) in [6, 6.07) is 13.4. The maximum atomic E-state index is 14.1. The average Bonchev–Trinajstić information content (AvgIpc) is 3.51. The molecule has 1 aliphatic carbocycles. The molecule has 2 aromatic carbocycles. The van der Waals surface area contributed by atoms with Gasteiger partial charge in [-0.05, 0) is 61.6 Å². The molecule has 0 spiro atoms. The standard InChI is InChI=1S/C21H16FN3O2/c1-12-20(26)24-19(15-4-5-16(11-23)18(22)10-15)25(21(12)27)17-8-6-14(7-9-17)13-2-3-13/h4-10,13,26H,2-3H2,1H3. The van der Waals surface area contributed by atoms with Crippen molar-refractivity contribution in [1.29, 1.82) is 5.26 Å². The largest absolute Gasteiger partial charge is 0.493 e. The van der Waals surface area contributed by atoms with Crippen LogP contribution in [0, 0.1) is 24.1 Å². The highest BCUT2D eigenvalue weighted by Crippen LogP contribution is 2.40. The van der Waals surface area contributed by atoms with Gasteiger partial charge < -0.3 is 5.11 Å². The third-order valence-electron chi connectivity index (χ3n) is 4.83. The van der Waals surface area contributed by atoms with Crippen molar-refractivity contribution < 1.29 is 9.50 Å². The Hall–Kier alpha value is -3.46. The van der Waals surface area contributed by atoms with Gasteiger partial charge in [-0.1, -0.05) is 12.1 Å². The van der Waals surface area contributed by atoms with Crippen LogP contribution in [-0.4, -0.2) is 14.7 Å². The first-order chi connectivity index (χ1) is 13.0. The van der Waals surface area contributed by atoms with Crippen LogP contribution < -0.4 is 5.56 Å². The fourth-order valence-corrected chi connectivity index (χ4v) is 3.08. The molecule has 0 amide bonds. The van der Waals surface area contributed by atoms with Crippen LogP contribution in [0.5, 0.6) is 5.88 Å². The molecule has 0 bridgehead atoms. The van der Waals surface area contributed by atoms with Crippen LogP contribution in [-0.2, 0) is 0 Å². The van der Waals surface area contributed by atoms with Crippen molar-refractivity contribution in [2.75, 3.05) is 0 Å². The molecule has 1 fully saturated rings. The van der Waals surface area contributed by atoms with Gasteiger partial charge in [0.25, 0.3) is 5.56 Å². The summed E-state index contributed by atoms with van der Waals surface area (Å²) in [7, 11) is 0. The van der Waals surface area contributed by atoms with E-state index in [1.807, 2.05) is 24.3 Å². The van der Waals surface area contributed by atoms with E-state index in [0.29, 0.717) is 17.2 Å². The Morgan fingerprint density at radius 2 is 1.93 bits per heavy atom. The predicted octanol–water partition coefficient (Wildman–Crippen LogP) is 3.80. The fraction of sp³-hybridized carbons (Fsp3) is 0.190. The first-order valence-electron chi connectivity index (χ1n) is 8.62. The highest BCUT2D eigenvalue weighted by atomic mass is 19.1. The lowest BCUT2D eigenvalue weighted by atomic mass is 10.1. The summed E-state index contributed by atoms with van der Waals surface area (Å²) < 4.78 is 15.5. The lowest BCUT2D eigenvalue weighted by Crippen LogP contribution is -2.23. The first-order valence-corrected chi connectivity index (χ1v) is 8.62. The van der Waals surface area contributed by atoms with Crippen molar-refractivity contribution in [3.05, 3.63) is 75.3 Å². The smallest absolute Gasteiger partial charge is 0.265 e. The third-order valence-corrected chi connectivity index (χ3v) is 4.83. The average molecular weight is 361 g/mol. The number of aromatic nitrogens is 2. The molecule has 1 N–H and O–H groups in total. The van der Waals surface area contributed by atoms with Crippen LogP contribution in [0.4, 0.5) is 4.39 Å². The normalized spacial score (nSPS) is 13.4. The molecule has 27 heavy (non-hydrogen) atoms. The van der Waals surface area contributed by atoms with Crippen molar-refractivity contribution in [3.63, 3.8) is 0 Å². The summed E-state index contributed by atoms with van der Waals surface area (Å²) in [5, 5.41) is 19.0. The van der Waals surface area contributed by atoms with E-state index in [2.05, 4.69) is 4.98 Å². The van der Waals surface area contributed by atoms with Crippen LogP contribution in [0.2, 0.25) is 0 Å². The van der Waals surface area contributed by atoms with Gasteiger partial charge in [0.05, 0.1) is 16.8 Å². The quantitative estimate of drug-likeness (QED) is 0.769. The van der Waals surface area contributed by atoms with Crippen molar-refractivity contribution >= 4 is 0 Å². The minimum Gasteiger partial charge on any atom is -0.493 e. The Labute approximate surface area is 155 Å². The summed E-state index contributed by atoms with van der Waals surface area (Å²) in [5.74, 6) is -0.404. The van der Waals surface area contributed by atoms with Gasteiger partial charge >= 0.3 is 0 Å². The SMILES string of the molecule is Cc1c(O)nc(-c2ccc(C#N)c(F)c2)n(-c2ccc(C3CC3)cc2)c1=O. The Morgan fingerprint density at radius 1 is 1.22 bits per heavy atom. The molecular weight excluding hydrogens is 345 g/mol. The van der Waals surface area contributed by atoms with Crippen molar-refractivity contribution in [2.24, 2.45) is 0 Å². The Kier molecular flexibility index (Phi) is 4.00. The molecule has 1 aromatic heterocycles. The second kappa shape index (κ2) is 6.36. The molecular formula is C21H16FN3O2. The summed E-state index contributed by atoms with van der Waals surface area (Å²) >= 11 is 0. The van der Waals surface area contributed by atoms with E-state index in [9.17, 15) is 14.3 Å². The van der Waals surface area contributed by atoms with E-state index in [1.54, 1.807) is 6.07 Å². The summed E-state index contributed by atoms with van der Waals surface area (Å²) in [4.78, 5) is 17.0. The van der Waals surface area contributed by atoms with Gasteiger partial charge in [-0.25, -0.2) is 4.39 Å². The Balaban J connectivity index is 1.92. The van der Waals surface area contributed by atoms with Gasteiger partial charge in [0, 0.05) is 5.56 Å². The van der Waals surface area contributed by atoms with E-state index < -0.39 is 17.3 Å². The van der Waals surface area contributed by atoms with Gasteiger partial charge in [-0.15, -0.1) is 0 Å². The zero-order valence-corrected chi connectivity index (χ0v) is 14.6. The van der Waals surface area contributed by atoms with Crippen molar-refractivity contribution in [2.45, 2.75) is 25.7 Å². The number of rotatable bonds is 3. The van der Waals surface area contributed by atoms with E-state index in [4.69, 9.17) is 5.26 Å². The monoisotopic (exact) mass is 361 g/mol. The number of hydrogen-bond acceptors (Lipinski definition) is 4. The fourth-order valence-electron chi connectivity index (χ4n) is 3.08. The molecule has 0 unspecified atom stereocenters. The predicted molar refractivity (Wildman–Crippen MR) is 98.3 cm³/mol. The molecule has 0 atom stereocenters. The molecule has 4 rings (SSSR count).